The number of hydrogen-bond acceptors (Lipinski definition) is 4. The average molecular weight is 816 g/mol. The second kappa shape index (κ2) is 44.1. The van der Waals surface area contributed by atoms with E-state index in [1.165, 1.54) is 218 Å². The van der Waals surface area contributed by atoms with Crippen molar-refractivity contribution in [1.82, 2.24) is 5.32 Å². The van der Waals surface area contributed by atoms with Crippen molar-refractivity contribution in [2.45, 2.75) is 296 Å². The Morgan fingerprint density at radius 2 is 0.696 bits per heavy atom. The minimum atomic E-state index is -4.69. The van der Waals surface area contributed by atoms with Gasteiger partial charge in [0.2, 0.25) is 5.91 Å². The van der Waals surface area contributed by atoms with Crippen LogP contribution in [0.3, 0.4) is 0 Å². The van der Waals surface area contributed by atoms with Gasteiger partial charge < -0.3 is 20.2 Å². The molecular weight excluding hydrogens is 718 g/mol. The number of phosphoric ester groups is 1. The molecule has 0 rings (SSSR count). The number of unbranched alkanes of at least 4 members (excludes halogenated alkanes) is 38. The molecule has 0 aromatic rings. The van der Waals surface area contributed by atoms with E-state index in [1.807, 2.05) is 0 Å². The molecule has 0 unspecified atom stereocenters. The third kappa shape index (κ3) is 44.6. The van der Waals surface area contributed by atoms with Crippen molar-refractivity contribution in [2.24, 2.45) is 0 Å². The van der Waals surface area contributed by atoms with E-state index < -0.39 is 26.6 Å². The number of nitrogens with one attached hydrogen (secondary N) is 1. The monoisotopic (exact) mass is 816 g/mol. The molecule has 336 valence electrons. The molecular formula is C48H98NO6P. The van der Waals surface area contributed by atoms with E-state index in [9.17, 15) is 24.3 Å². The maximum Gasteiger partial charge on any atom is 0.469 e. The SMILES string of the molecule is CCCCCCCCCCCCCCCCCCCCCCCCCCCCC(=O)N[C@@H](COP(=O)(O)O)[C@H](O)CCCCCCCCCCCCCCCC. The Kier molecular flexibility index (Phi) is 43.7. The van der Waals surface area contributed by atoms with Crippen LogP contribution in [0.2, 0.25) is 0 Å². The molecule has 0 aromatic heterocycles. The second-order valence-electron chi connectivity index (χ2n) is 17.5. The lowest BCUT2D eigenvalue weighted by molar-refractivity contribution is -0.123. The van der Waals surface area contributed by atoms with Crippen molar-refractivity contribution in [3.05, 3.63) is 0 Å². The van der Waals surface area contributed by atoms with Crippen LogP contribution in [-0.2, 0) is 13.9 Å². The smallest absolute Gasteiger partial charge is 0.391 e. The first kappa shape index (κ1) is 55.5. The first-order chi connectivity index (χ1) is 27.3. The molecule has 0 bridgehead atoms. The minimum absolute atomic E-state index is 0.186. The maximum absolute atomic E-state index is 12.6. The summed E-state index contributed by atoms with van der Waals surface area (Å²) in [5.41, 5.74) is 0. The summed E-state index contributed by atoms with van der Waals surface area (Å²) in [4.78, 5) is 31.0. The molecule has 8 heteroatoms. The Labute approximate surface area is 349 Å². The van der Waals surface area contributed by atoms with Gasteiger partial charge >= 0.3 is 7.82 Å². The molecule has 0 saturated carbocycles. The molecule has 0 spiro atoms. The zero-order valence-corrected chi connectivity index (χ0v) is 38.5. The van der Waals surface area contributed by atoms with Gasteiger partial charge in [-0.25, -0.2) is 4.57 Å². The van der Waals surface area contributed by atoms with E-state index in [4.69, 9.17) is 4.52 Å². The Balaban J connectivity index is 3.71. The highest BCUT2D eigenvalue weighted by molar-refractivity contribution is 7.46. The topological polar surface area (TPSA) is 116 Å². The van der Waals surface area contributed by atoms with Gasteiger partial charge in [0.25, 0.3) is 0 Å². The fraction of sp³-hybridized carbons (Fsp3) is 0.979. The Bertz CT molecular complexity index is 838. The first-order valence-corrected chi connectivity index (χ1v) is 26.5. The molecule has 4 N–H and O–H groups in total. The molecule has 0 heterocycles. The van der Waals surface area contributed by atoms with Gasteiger partial charge in [-0.3, -0.25) is 9.32 Å². The van der Waals surface area contributed by atoms with Gasteiger partial charge in [0.15, 0.2) is 0 Å². The summed E-state index contributed by atoms with van der Waals surface area (Å²) in [7, 11) is -4.69. The fourth-order valence-electron chi connectivity index (χ4n) is 8.06. The van der Waals surface area contributed by atoms with Crippen molar-refractivity contribution >= 4 is 13.7 Å². The standard InChI is InChI=1S/C48H98NO6P/c1-3-5-7-9-11-13-15-17-19-20-21-22-23-24-25-26-27-28-29-30-32-34-36-38-40-42-44-48(51)49-46(45-55-56(52,53)54)47(50)43-41-39-37-35-33-31-18-16-14-12-10-8-6-4-2/h46-47,50H,3-45H2,1-2H3,(H,49,51)(H2,52,53,54)/t46-,47+/m0/s1. The molecule has 0 saturated heterocycles. The molecule has 1 amide bonds. The van der Waals surface area contributed by atoms with Crippen LogP contribution in [0.5, 0.6) is 0 Å². The number of rotatable bonds is 47. The molecule has 56 heavy (non-hydrogen) atoms. The van der Waals surface area contributed by atoms with Gasteiger partial charge in [0.05, 0.1) is 18.8 Å². The van der Waals surface area contributed by atoms with Crippen LogP contribution in [-0.4, -0.2) is 39.6 Å². The molecule has 7 nitrogen and oxygen atoms in total. The van der Waals surface area contributed by atoms with E-state index in [0.717, 1.165) is 38.5 Å². The van der Waals surface area contributed by atoms with Crippen LogP contribution in [0.25, 0.3) is 0 Å². The normalized spacial score (nSPS) is 13.0. The number of aliphatic hydroxyl groups is 1. The van der Waals surface area contributed by atoms with Crippen molar-refractivity contribution in [3.63, 3.8) is 0 Å². The number of hydrogen-bond donors (Lipinski definition) is 4. The van der Waals surface area contributed by atoms with Crippen LogP contribution in [0.1, 0.15) is 284 Å². The van der Waals surface area contributed by atoms with Gasteiger partial charge in [-0.05, 0) is 12.8 Å². The second-order valence-corrected chi connectivity index (χ2v) is 18.7. The third-order valence-corrected chi connectivity index (χ3v) is 12.3. The van der Waals surface area contributed by atoms with Crippen LogP contribution in [0.4, 0.5) is 0 Å². The molecule has 0 aromatic carbocycles. The van der Waals surface area contributed by atoms with Crippen LogP contribution >= 0.6 is 7.82 Å². The molecule has 0 aliphatic heterocycles. The lowest BCUT2D eigenvalue weighted by atomic mass is 10.0. The lowest BCUT2D eigenvalue weighted by Crippen LogP contribution is -2.46. The number of amides is 1. The van der Waals surface area contributed by atoms with Gasteiger partial charge in [-0.15, -0.1) is 0 Å². The van der Waals surface area contributed by atoms with Crippen molar-refractivity contribution in [1.29, 1.82) is 0 Å². The van der Waals surface area contributed by atoms with Crippen molar-refractivity contribution < 1.29 is 28.8 Å². The third-order valence-electron chi connectivity index (χ3n) is 11.8. The predicted molar refractivity (Wildman–Crippen MR) is 241 cm³/mol. The van der Waals surface area contributed by atoms with Crippen molar-refractivity contribution in [3.8, 4) is 0 Å². The fourth-order valence-corrected chi connectivity index (χ4v) is 8.41. The number of carbonyl (C=O) groups excluding carboxylic acids is 1. The van der Waals surface area contributed by atoms with Gasteiger partial charge in [-0.1, -0.05) is 264 Å². The average Bonchev–Trinajstić information content (AvgIpc) is 3.17. The highest BCUT2D eigenvalue weighted by Gasteiger charge is 2.25. The molecule has 0 aliphatic rings. The van der Waals surface area contributed by atoms with E-state index in [0.29, 0.717) is 12.8 Å². The summed E-state index contributed by atoms with van der Waals surface area (Å²) >= 11 is 0. The van der Waals surface area contributed by atoms with Crippen LogP contribution < -0.4 is 5.32 Å². The van der Waals surface area contributed by atoms with E-state index >= 15 is 0 Å². The minimum Gasteiger partial charge on any atom is -0.391 e. The summed E-state index contributed by atoms with van der Waals surface area (Å²) in [5.74, 6) is -0.186. The summed E-state index contributed by atoms with van der Waals surface area (Å²) in [6.45, 7) is 4.16. The highest BCUT2D eigenvalue weighted by Crippen LogP contribution is 2.36. The Hall–Kier alpha value is -0.460. The first-order valence-electron chi connectivity index (χ1n) is 25.0. The number of phosphoric acid groups is 1. The largest absolute Gasteiger partial charge is 0.469 e. The van der Waals surface area contributed by atoms with Crippen molar-refractivity contribution in [2.75, 3.05) is 6.61 Å². The van der Waals surface area contributed by atoms with Gasteiger partial charge in [0, 0.05) is 6.42 Å². The molecule has 0 radical (unpaired) electrons. The zero-order valence-electron chi connectivity index (χ0n) is 37.6. The number of aliphatic hydroxyl groups excluding tert-OH is 1. The molecule has 2 atom stereocenters. The quantitative estimate of drug-likeness (QED) is 0.0359. The Morgan fingerprint density at radius 1 is 0.446 bits per heavy atom. The van der Waals surface area contributed by atoms with E-state index in [-0.39, 0.29) is 5.91 Å². The molecule has 0 fully saturated rings. The zero-order chi connectivity index (χ0) is 41.1. The van der Waals surface area contributed by atoms with Gasteiger partial charge in [0.1, 0.15) is 0 Å². The van der Waals surface area contributed by atoms with Crippen LogP contribution in [0, 0.1) is 0 Å². The highest BCUT2D eigenvalue weighted by atomic mass is 31.2. The van der Waals surface area contributed by atoms with E-state index in [2.05, 4.69) is 19.2 Å². The summed E-state index contributed by atoms with van der Waals surface area (Å²) in [6.07, 6.45) is 52.6. The maximum atomic E-state index is 12.6. The number of carbonyl (C=O) groups is 1. The Morgan fingerprint density at radius 3 is 0.964 bits per heavy atom. The van der Waals surface area contributed by atoms with Crippen LogP contribution in [0.15, 0.2) is 0 Å². The predicted octanol–water partition coefficient (Wildman–Crippen LogP) is 15.4. The van der Waals surface area contributed by atoms with E-state index in [1.54, 1.807) is 0 Å². The summed E-state index contributed by atoms with van der Waals surface area (Å²) < 4.78 is 16.0. The van der Waals surface area contributed by atoms with Gasteiger partial charge in [-0.2, -0.15) is 0 Å². The lowest BCUT2D eigenvalue weighted by Gasteiger charge is -2.24. The molecule has 0 aliphatic carbocycles. The summed E-state index contributed by atoms with van der Waals surface area (Å²) in [6, 6.07) is -0.818. The summed E-state index contributed by atoms with van der Waals surface area (Å²) in [5, 5.41) is 13.6.